The third-order valence-corrected chi connectivity index (χ3v) is 2.47. The molecule has 1 aliphatic rings. The Bertz CT molecular complexity index is 531. The Labute approximate surface area is 95.0 Å². The predicted octanol–water partition coefficient (Wildman–Crippen LogP) is -0.640. The molecule has 7 heteroatoms. The monoisotopic (exact) mass is 236 g/mol. The van der Waals surface area contributed by atoms with Crippen molar-refractivity contribution in [3.8, 4) is 0 Å². The number of nitrogens with zero attached hydrogens (tertiary/aromatic N) is 1. The maximum Gasteiger partial charge on any atom is 0.345 e. The van der Waals surface area contributed by atoms with E-state index in [0.717, 1.165) is 6.07 Å². The van der Waals surface area contributed by atoms with E-state index in [2.05, 4.69) is 5.32 Å². The number of hydrogen-bond acceptors (Lipinski definition) is 3. The van der Waals surface area contributed by atoms with Crippen molar-refractivity contribution in [1.82, 2.24) is 10.6 Å². The number of nitrogens with one attached hydrogen (secondary N) is 1. The first-order valence-electron chi connectivity index (χ1n) is 4.61. The van der Waals surface area contributed by atoms with Gasteiger partial charge in [-0.15, -0.1) is 0 Å². The van der Waals surface area contributed by atoms with Gasteiger partial charge in [0.15, 0.2) is 0 Å². The average molecular weight is 236 g/mol. The smallest absolute Gasteiger partial charge is 0.345 e. The lowest BCUT2D eigenvalue weighted by molar-refractivity contribution is -0.134. The number of rotatable bonds is 2. The molecule has 1 saturated heterocycles. The molecular formula is C10H7FN3O3. The van der Waals surface area contributed by atoms with Crippen molar-refractivity contribution in [3.63, 3.8) is 0 Å². The van der Waals surface area contributed by atoms with Gasteiger partial charge in [0.1, 0.15) is 5.82 Å². The lowest BCUT2D eigenvalue weighted by Gasteiger charge is -2.22. The van der Waals surface area contributed by atoms with E-state index in [1.165, 1.54) is 18.2 Å². The second-order valence-electron chi connectivity index (χ2n) is 3.44. The summed E-state index contributed by atoms with van der Waals surface area (Å²) < 4.78 is 13.6. The first-order valence-corrected chi connectivity index (χ1v) is 4.61. The Morgan fingerprint density at radius 3 is 2.47 bits per heavy atom. The van der Waals surface area contributed by atoms with Gasteiger partial charge in [0, 0.05) is 5.56 Å². The van der Waals surface area contributed by atoms with Crippen LogP contribution in [-0.4, -0.2) is 17.8 Å². The van der Waals surface area contributed by atoms with Crippen molar-refractivity contribution < 1.29 is 18.8 Å². The van der Waals surface area contributed by atoms with Crippen LogP contribution in [0.15, 0.2) is 24.3 Å². The second kappa shape index (κ2) is 3.55. The highest BCUT2D eigenvalue weighted by molar-refractivity contribution is 6.19. The number of primary amides is 1. The van der Waals surface area contributed by atoms with Crippen molar-refractivity contribution in [2.24, 2.45) is 5.73 Å². The van der Waals surface area contributed by atoms with Gasteiger partial charge in [-0.05, 0) is 6.07 Å². The van der Waals surface area contributed by atoms with E-state index in [1.807, 2.05) is 5.32 Å². The van der Waals surface area contributed by atoms with Crippen LogP contribution in [0, 0.1) is 5.82 Å². The SMILES string of the molecule is NC(=O)C1(c2ccccc2F)NC(=O)[N]C1=O. The molecule has 0 aliphatic carbocycles. The summed E-state index contributed by atoms with van der Waals surface area (Å²) in [4.78, 5) is 34.0. The van der Waals surface area contributed by atoms with Gasteiger partial charge in [-0.1, -0.05) is 18.2 Å². The van der Waals surface area contributed by atoms with Gasteiger partial charge in [0.05, 0.1) is 0 Å². The van der Waals surface area contributed by atoms with Crippen LogP contribution < -0.4 is 16.4 Å². The van der Waals surface area contributed by atoms with Crippen LogP contribution in [0.1, 0.15) is 5.56 Å². The Hall–Kier alpha value is -2.44. The van der Waals surface area contributed by atoms with Crippen LogP contribution in [0.5, 0.6) is 0 Å². The van der Waals surface area contributed by atoms with E-state index in [1.54, 1.807) is 0 Å². The van der Waals surface area contributed by atoms with Crippen LogP contribution in [0.2, 0.25) is 0 Å². The molecule has 0 aromatic heterocycles. The van der Waals surface area contributed by atoms with Gasteiger partial charge >= 0.3 is 6.03 Å². The summed E-state index contributed by atoms with van der Waals surface area (Å²) in [5, 5.41) is 5.03. The molecule has 1 aromatic rings. The third kappa shape index (κ3) is 1.43. The number of carbonyl (C=O) groups is 3. The Kier molecular flexibility index (Phi) is 2.31. The summed E-state index contributed by atoms with van der Waals surface area (Å²) in [6.45, 7) is 0. The van der Waals surface area contributed by atoms with Gasteiger partial charge < -0.3 is 11.1 Å². The number of nitrogens with two attached hydrogens (primary N) is 1. The van der Waals surface area contributed by atoms with Crippen LogP contribution in [-0.2, 0) is 15.1 Å². The lowest BCUT2D eigenvalue weighted by atomic mass is 9.89. The highest BCUT2D eigenvalue weighted by Gasteiger charge is 2.55. The van der Waals surface area contributed by atoms with Gasteiger partial charge in [-0.25, -0.2) is 9.18 Å². The van der Waals surface area contributed by atoms with E-state index >= 15 is 0 Å². The lowest BCUT2D eigenvalue weighted by Crippen LogP contribution is -2.54. The molecule has 2 rings (SSSR count). The van der Waals surface area contributed by atoms with Gasteiger partial charge in [0.2, 0.25) is 5.54 Å². The van der Waals surface area contributed by atoms with Crippen molar-refractivity contribution >= 4 is 17.8 Å². The molecular weight excluding hydrogens is 229 g/mol. The molecule has 1 aromatic carbocycles. The molecule has 17 heavy (non-hydrogen) atoms. The van der Waals surface area contributed by atoms with Crippen LogP contribution in [0.3, 0.4) is 0 Å². The number of urea groups is 1. The van der Waals surface area contributed by atoms with E-state index in [9.17, 15) is 18.8 Å². The highest BCUT2D eigenvalue weighted by atomic mass is 19.1. The van der Waals surface area contributed by atoms with E-state index in [-0.39, 0.29) is 5.56 Å². The average Bonchev–Trinajstić information content (AvgIpc) is 2.55. The maximum absolute atomic E-state index is 13.6. The summed E-state index contributed by atoms with van der Waals surface area (Å²) in [6, 6.07) is 4.03. The predicted molar refractivity (Wildman–Crippen MR) is 52.9 cm³/mol. The molecule has 3 N–H and O–H groups in total. The number of halogens is 1. The summed E-state index contributed by atoms with van der Waals surface area (Å²) in [6.07, 6.45) is 0. The molecule has 87 valence electrons. The maximum atomic E-state index is 13.6. The second-order valence-corrected chi connectivity index (χ2v) is 3.44. The van der Waals surface area contributed by atoms with E-state index in [4.69, 9.17) is 5.73 Å². The third-order valence-electron chi connectivity index (χ3n) is 2.47. The first kappa shape index (κ1) is 11.1. The summed E-state index contributed by atoms with van der Waals surface area (Å²) in [5.74, 6) is -3.11. The summed E-state index contributed by atoms with van der Waals surface area (Å²) in [7, 11) is 0. The molecule has 6 nitrogen and oxygen atoms in total. The number of amides is 4. The number of carbonyl (C=O) groups excluding carboxylic acids is 3. The van der Waals surface area contributed by atoms with Crippen molar-refractivity contribution in [3.05, 3.63) is 35.6 Å². The molecule has 1 heterocycles. The minimum Gasteiger partial charge on any atom is -0.367 e. The summed E-state index contributed by atoms with van der Waals surface area (Å²) >= 11 is 0. The molecule has 1 fully saturated rings. The van der Waals surface area contributed by atoms with Crippen molar-refractivity contribution in [2.75, 3.05) is 0 Å². The fraction of sp³-hybridized carbons (Fsp3) is 0.100. The standard InChI is InChI=1S/C10H7FN3O3/c11-6-4-2-1-3-5(6)10(7(12)15)8(16)13-9(17)14-10/h1-4H,(H2,12,15)(H,14,17). The fourth-order valence-corrected chi connectivity index (χ4v) is 1.67. The summed E-state index contributed by atoms with van der Waals surface area (Å²) in [5.41, 5.74) is 2.54. The zero-order chi connectivity index (χ0) is 12.6. The minimum atomic E-state index is -2.23. The molecule has 1 radical (unpaired) electrons. The van der Waals surface area contributed by atoms with E-state index < -0.39 is 29.2 Å². The first-order chi connectivity index (χ1) is 7.98. The largest absolute Gasteiger partial charge is 0.367 e. The number of imide groups is 1. The van der Waals surface area contributed by atoms with Crippen LogP contribution in [0.25, 0.3) is 0 Å². The van der Waals surface area contributed by atoms with Crippen LogP contribution >= 0.6 is 0 Å². The molecule has 0 saturated carbocycles. The number of hydrogen-bond donors (Lipinski definition) is 2. The van der Waals surface area contributed by atoms with Crippen LogP contribution in [0.4, 0.5) is 9.18 Å². The molecule has 0 spiro atoms. The zero-order valence-electron chi connectivity index (χ0n) is 8.44. The highest BCUT2D eigenvalue weighted by Crippen LogP contribution is 2.27. The zero-order valence-corrected chi connectivity index (χ0v) is 8.44. The molecule has 4 amide bonds. The molecule has 0 bridgehead atoms. The van der Waals surface area contributed by atoms with Gasteiger partial charge in [0.25, 0.3) is 11.8 Å². The molecule has 1 atom stereocenters. The Morgan fingerprint density at radius 1 is 1.35 bits per heavy atom. The molecule has 1 aliphatic heterocycles. The Balaban J connectivity index is 2.65. The van der Waals surface area contributed by atoms with Crippen molar-refractivity contribution in [2.45, 2.75) is 5.54 Å². The number of benzene rings is 1. The van der Waals surface area contributed by atoms with Crippen molar-refractivity contribution in [1.29, 1.82) is 0 Å². The van der Waals surface area contributed by atoms with E-state index in [0.29, 0.717) is 0 Å². The topological polar surface area (TPSA) is 103 Å². The fourth-order valence-electron chi connectivity index (χ4n) is 1.67. The Morgan fingerprint density at radius 2 is 2.00 bits per heavy atom. The van der Waals surface area contributed by atoms with Gasteiger partial charge in [-0.2, -0.15) is 5.32 Å². The quantitative estimate of drug-likeness (QED) is 0.527. The minimum absolute atomic E-state index is 0.313. The normalized spacial score (nSPS) is 23.1. The van der Waals surface area contributed by atoms with Gasteiger partial charge in [-0.3, -0.25) is 9.59 Å². The molecule has 1 unspecified atom stereocenters.